The van der Waals surface area contributed by atoms with E-state index in [2.05, 4.69) is 15.5 Å². The van der Waals surface area contributed by atoms with Gasteiger partial charge in [-0.25, -0.2) is 0 Å². The lowest BCUT2D eigenvalue weighted by molar-refractivity contribution is -0.119. The van der Waals surface area contributed by atoms with E-state index in [1.807, 2.05) is 17.5 Å². The van der Waals surface area contributed by atoms with Crippen molar-refractivity contribution in [3.63, 3.8) is 0 Å². The maximum Gasteiger partial charge on any atom is 0.229 e. The van der Waals surface area contributed by atoms with Gasteiger partial charge < -0.3 is 15.6 Å². The van der Waals surface area contributed by atoms with Gasteiger partial charge in [-0.2, -0.15) is 4.98 Å². The molecule has 6 nitrogen and oxygen atoms in total. The number of carbonyl (C=O) groups excluding carboxylic acids is 1. The van der Waals surface area contributed by atoms with Crippen LogP contribution in [0.2, 0.25) is 0 Å². The zero-order chi connectivity index (χ0) is 14.9. The number of rotatable bonds is 5. The van der Waals surface area contributed by atoms with Crippen LogP contribution in [0.1, 0.15) is 48.8 Å². The predicted molar refractivity (Wildman–Crippen MR) is 85.8 cm³/mol. The quantitative estimate of drug-likeness (QED) is 0.869. The zero-order valence-corrected chi connectivity index (χ0v) is 13.9. The molecule has 1 unspecified atom stereocenters. The molecule has 1 aliphatic carbocycles. The van der Waals surface area contributed by atoms with Crippen LogP contribution < -0.4 is 11.1 Å². The van der Waals surface area contributed by atoms with Crippen LogP contribution in [0.4, 0.5) is 0 Å². The molecule has 2 aromatic heterocycles. The molecule has 3 N–H and O–H groups in total. The molecule has 1 atom stereocenters. The molecule has 0 saturated heterocycles. The van der Waals surface area contributed by atoms with Gasteiger partial charge in [0, 0.05) is 11.8 Å². The summed E-state index contributed by atoms with van der Waals surface area (Å²) in [6.07, 6.45) is 3.37. The molecule has 8 heteroatoms. The third-order valence-corrected chi connectivity index (χ3v) is 4.79. The Balaban J connectivity index is 0.00000176. The topological polar surface area (TPSA) is 94.0 Å². The van der Waals surface area contributed by atoms with E-state index >= 15 is 0 Å². The summed E-state index contributed by atoms with van der Waals surface area (Å²) in [5.41, 5.74) is 5.77. The number of carbonyl (C=O) groups is 1. The zero-order valence-electron chi connectivity index (χ0n) is 12.2. The molecule has 0 radical (unpaired) electrons. The van der Waals surface area contributed by atoms with Gasteiger partial charge in [-0.3, -0.25) is 4.79 Å². The lowest BCUT2D eigenvalue weighted by Crippen LogP contribution is -2.44. The van der Waals surface area contributed by atoms with E-state index in [1.54, 1.807) is 11.3 Å². The Morgan fingerprint density at radius 1 is 1.59 bits per heavy atom. The minimum atomic E-state index is -0.422. The highest BCUT2D eigenvalue weighted by molar-refractivity contribution is 7.10. The summed E-state index contributed by atoms with van der Waals surface area (Å²) in [4.78, 5) is 16.8. The van der Waals surface area contributed by atoms with Gasteiger partial charge in [0.15, 0.2) is 5.82 Å². The second kappa shape index (κ2) is 6.76. The Labute approximate surface area is 138 Å². The predicted octanol–water partition coefficient (Wildman–Crippen LogP) is 2.31. The monoisotopic (exact) mass is 342 g/mol. The molecule has 0 aliphatic heterocycles. The first-order chi connectivity index (χ1) is 10.1. The van der Waals surface area contributed by atoms with Crippen LogP contribution in [0.15, 0.2) is 22.0 Å². The van der Waals surface area contributed by atoms with Gasteiger partial charge >= 0.3 is 0 Å². The number of halogens is 1. The van der Waals surface area contributed by atoms with Crippen molar-refractivity contribution in [1.82, 2.24) is 15.5 Å². The SMILES string of the molecule is CC(=O)NC(Cc1nc(C2(N)CCC2)no1)c1cccs1.Cl. The van der Waals surface area contributed by atoms with E-state index in [0.29, 0.717) is 18.1 Å². The third-order valence-electron chi connectivity index (χ3n) is 3.80. The molecular formula is C14H19ClN4O2S. The van der Waals surface area contributed by atoms with Crippen molar-refractivity contribution in [2.45, 2.75) is 44.2 Å². The summed E-state index contributed by atoms with van der Waals surface area (Å²) >= 11 is 1.59. The van der Waals surface area contributed by atoms with E-state index in [0.717, 1.165) is 24.1 Å². The van der Waals surface area contributed by atoms with E-state index in [4.69, 9.17) is 10.3 Å². The lowest BCUT2D eigenvalue weighted by Gasteiger charge is -2.34. The van der Waals surface area contributed by atoms with E-state index in [1.165, 1.54) is 6.92 Å². The van der Waals surface area contributed by atoms with Crippen LogP contribution in [0.3, 0.4) is 0 Å². The summed E-state index contributed by atoms with van der Waals surface area (Å²) in [7, 11) is 0. The fourth-order valence-corrected chi connectivity index (χ4v) is 3.23. The standard InChI is InChI=1S/C14H18N4O2S.ClH/c1-9(19)16-10(11-4-2-7-21-11)8-12-17-13(18-20-12)14(15)5-3-6-14;/h2,4,7,10H,3,5-6,8,15H2,1H3,(H,16,19);1H. The summed E-state index contributed by atoms with van der Waals surface area (Å²) in [5, 5.41) is 8.90. The van der Waals surface area contributed by atoms with Gasteiger partial charge in [-0.05, 0) is 30.7 Å². The van der Waals surface area contributed by atoms with E-state index in [9.17, 15) is 4.79 Å². The molecular weight excluding hydrogens is 324 g/mol. The molecule has 0 bridgehead atoms. The second-order valence-electron chi connectivity index (χ2n) is 5.49. The van der Waals surface area contributed by atoms with E-state index in [-0.39, 0.29) is 24.4 Å². The van der Waals surface area contributed by atoms with Gasteiger partial charge in [0.2, 0.25) is 11.8 Å². The highest BCUT2D eigenvalue weighted by Crippen LogP contribution is 2.37. The molecule has 0 aromatic carbocycles. The Morgan fingerprint density at radius 3 is 2.91 bits per heavy atom. The van der Waals surface area contributed by atoms with Crippen molar-refractivity contribution >= 4 is 29.7 Å². The van der Waals surface area contributed by atoms with E-state index < -0.39 is 5.54 Å². The Kier molecular flexibility index (Phi) is 5.20. The maximum atomic E-state index is 11.4. The smallest absolute Gasteiger partial charge is 0.229 e. The Bertz CT molecular complexity index is 625. The first kappa shape index (κ1) is 16.9. The molecule has 2 aromatic rings. The largest absolute Gasteiger partial charge is 0.348 e. The maximum absolute atomic E-state index is 11.4. The lowest BCUT2D eigenvalue weighted by atomic mass is 9.77. The average molecular weight is 343 g/mol. The number of nitrogens with zero attached hydrogens (tertiary/aromatic N) is 2. The van der Waals surface area contributed by atoms with Crippen LogP contribution >= 0.6 is 23.7 Å². The molecule has 1 saturated carbocycles. The van der Waals surface area contributed by atoms with Gasteiger partial charge in [-0.15, -0.1) is 23.7 Å². The second-order valence-corrected chi connectivity index (χ2v) is 6.47. The molecule has 2 heterocycles. The van der Waals surface area contributed by atoms with Crippen molar-refractivity contribution in [2.24, 2.45) is 5.73 Å². The number of hydrogen-bond donors (Lipinski definition) is 2. The molecule has 1 fully saturated rings. The van der Waals surface area contributed by atoms with Crippen molar-refractivity contribution in [2.75, 3.05) is 0 Å². The fourth-order valence-electron chi connectivity index (χ4n) is 2.45. The normalized spacial score (nSPS) is 17.2. The molecule has 120 valence electrons. The Hall–Kier alpha value is -1.44. The highest BCUT2D eigenvalue weighted by atomic mass is 35.5. The van der Waals surface area contributed by atoms with Crippen LogP contribution in [0, 0.1) is 0 Å². The fraction of sp³-hybridized carbons (Fsp3) is 0.500. The van der Waals surface area contributed by atoms with Crippen molar-refractivity contribution < 1.29 is 9.32 Å². The average Bonchev–Trinajstić information content (AvgIpc) is 3.05. The number of hydrogen-bond acceptors (Lipinski definition) is 6. The highest BCUT2D eigenvalue weighted by Gasteiger charge is 2.39. The number of amides is 1. The molecule has 22 heavy (non-hydrogen) atoms. The minimum absolute atomic E-state index is 0. The van der Waals surface area contributed by atoms with Crippen LogP contribution in [0.5, 0.6) is 0 Å². The molecule has 0 spiro atoms. The van der Waals surface area contributed by atoms with Crippen LogP contribution in [-0.2, 0) is 16.8 Å². The minimum Gasteiger partial charge on any atom is -0.348 e. The van der Waals surface area contributed by atoms with Crippen molar-refractivity contribution in [3.05, 3.63) is 34.1 Å². The number of nitrogens with one attached hydrogen (secondary N) is 1. The summed E-state index contributed by atoms with van der Waals surface area (Å²) in [6, 6.07) is 3.79. The van der Waals surface area contributed by atoms with Gasteiger partial charge in [-0.1, -0.05) is 11.2 Å². The molecule has 3 rings (SSSR count). The van der Waals surface area contributed by atoms with Gasteiger partial charge in [0.05, 0.1) is 18.0 Å². The van der Waals surface area contributed by atoms with Crippen molar-refractivity contribution in [3.8, 4) is 0 Å². The first-order valence-corrected chi connectivity index (χ1v) is 7.87. The summed E-state index contributed by atoms with van der Waals surface area (Å²) in [5.74, 6) is 1.01. The van der Waals surface area contributed by atoms with Gasteiger partial charge in [0.1, 0.15) is 0 Å². The summed E-state index contributed by atoms with van der Waals surface area (Å²) < 4.78 is 5.31. The van der Waals surface area contributed by atoms with Gasteiger partial charge in [0.25, 0.3) is 0 Å². The van der Waals surface area contributed by atoms with Crippen molar-refractivity contribution in [1.29, 1.82) is 0 Å². The van der Waals surface area contributed by atoms with Crippen LogP contribution in [-0.4, -0.2) is 16.0 Å². The molecule has 1 amide bonds. The number of thiophene rings is 1. The molecule has 1 aliphatic rings. The Morgan fingerprint density at radius 2 is 2.36 bits per heavy atom. The third kappa shape index (κ3) is 3.48. The first-order valence-electron chi connectivity index (χ1n) is 6.99. The number of nitrogens with two attached hydrogens (primary N) is 1. The van der Waals surface area contributed by atoms with Crippen LogP contribution in [0.25, 0.3) is 0 Å². The number of aromatic nitrogens is 2. The summed E-state index contributed by atoms with van der Waals surface area (Å²) in [6.45, 7) is 1.50.